The molecule has 0 aromatic rings. The van der Waals surface area contributed by atoms with Gasteiger partial charge in [0.25, 0.3) is 0 Å². The Hall–Kier alpha value is -0.120. The van der Waals surface area contributed by atoms with Gasteiger partial charge in [-0.3, -0.25) is 0 Å². The minimum atomic E-state index is -0.169. The topological polar surface area (TPSA) is 35.5 Å². The fourth-order valence-corrected chi connectivity index (χ4v) is 3.69. The quantitative estimate of drug-likeness (QED) is 0.776. The van der Waals surface area contributed by atoms with Crippen molar-refractivity contribution in [2.24, 2.45) is 5.92 Å². The number of aliphatic hydroxyl groups is 1. The van der Waals surface area contributed by atoms with Crippen molar-refractivity contribution in [1.82, 2.24) is 10.2 Å². The third-order valence-electron chi connectivity index (χ3n) is 4.90. The van der Waals surface area contributed by atoms with Crippen molar-refractivity contribution in [3.63, 3.8) is 0 Å². The summed E-state index contributed by atoms with van der Waals surface area (Å²) < 4.78 is 0. The van der Waals surface area contributed by atoms with E-state index in [1.54, 1.807) is 0 Å². The van der Waals surface area contributed by atoms with E-state index in [9.17, 15) is 5.11 Å². The lowest BCUT2D eigenvalue weighted by Crippen LogP contribution is -2.53. The maximum atomic E-state index is 9.94. The van der Waals surface area contributed by atoms with Crippen LogP contribution >= 0.6 is 0 Å². The monoisotopic (exact) mass is 268 g/mol. The summed E-state index contributed by atoms with van der Waals surface area (Å²) in [4.78, 5) is 2.57. The molecule has 2 aliphatic rings. The van der Waals surface area contributed by atoms with Crippen LogP contribution < -0.4 is 5.32 Å². The average molecular weight is 268 g/mol. The van der Waals surface area contributed by atoms with Gasteiger partial charge < -0.3 is 15.3 Å². The van der Waals surface area contributed by atoms with Crippen molar-refractivity contribution in [3.8, 4) is 0 Å². The molecule has 0 aromatic carbocycles. The van der Waals surface area contributed by atoms with E-state index in [1.807, 2.05) is 6.92 Å². The van der Waals surface area contributed by atoms with Crippen molar-refractivity contribution < 1.29 is 5.11 Å². The normalized spacial score (nSPS) is 31.7. The lowest BCUT2D eigenvalue weighted by Gasteiger charge is -2.40. The number of hydrogen-bond donors (Lipinski definition) is 2. The molecule has 3 atom stereocenters. The highest BCUT2D eigenvalue weighted by Crippen LogP contribution is 2.24. The molecule has 19 heavy (non-hydrogen) atoms. The first-order valence-electron chi connectivity index (χ1n) is 8.35. The molecule has 112 valence electrons. The first kappa shape index (κ1) is 15.3. The second-order valence-electron chi connectivity index (χ2n) is 6.69. The highest BCUT2D eigenvalue weighted by Gasteiger charge is 2.31. The number of likely N-dealkylation sites (tertiary alicyclic amines) is 1. The summed E-state index contributed by atoms with van der Waals surface area (Å²) in [6.07, 6.45) is 9.01. The first-order chi connectivity index (χ1) is 9.19. The second kappa shape index (κ2) is 7.61. The standard InChI is InChI=1S/C16H32N2O/c1-3-4-9-18-11-14(13(2)19)10-16(12-18)17-15-7-5-6-8-15/h13-17,19H,3-12H2,1-2H3. The third-order valence-corrected chi connectivity index (χ3v) is 4.90. The Bertz CT molecular complexity index is 249. The van der Waals surface area contributed by atoms with Crippen LogP contribution in [0.15, 0.2) is 0 Å². The van der Waals surface area contributed by atoms with Crippen LogP contribution in [0.25, 0.3) is 0 Å². The van der Waals surface area contributed by atoms with Crippen LogP contribution in [-0.4, -0.2) is 47.8 Å². The lowest BCUT2D eigenvalue weighted by molar-refractivity contribution is 0.0454. The maximum Gasteiger partial charge on any atom is 0.0553 e. The molecule has 1 aliphatic carbocycles. The Morgan fingerprint density at radius 1 is 1.21 bits per heavy atom. The summed E-state index contributed by atoms with van der Waals surface area (Å²) in [6.45, 7) is 7.67. The van der Waals surface area contributed by atoms with E-state index >= 15 is 0 Å². The van der Waals surface area contributed by atoms with Crippen LogP contribution in [0.3, 0.4) is 0 Å². The highest BCUT2D eigenvalue weighted by molar-refractivity contribution is 4.88. The molecule has 3 heteroatoms. The van der Waals surface area contributed by atoms with Crippen molar-refractivity contribution in [2.75, 3.05) is 19.6 Å². The molecule has 0 amide bonds. The van der Waals surface area contributed by atoms with Crippen LogP contribution in [0.4, 0.5) is 0 Å². The van der Waals surface area contributed by atoms with Gasteiger partial charge in [0, 0.05) is 25.2 Å². The Kier molecular flexibility index (Phi) is 6.11. The fraction of sp³-hybridized carbons (Fsp3) is 1.00. The van der Waals surface area contributed by atoms with Gasteiger partial charge >= 0.3 is 0 Å². The second-order valence-corrected chi connectivity index (χ2v) is 6.69. The molecule has 1 saturated carbocycles. The molecule has 2 N–H and O–H groups in total. The molecular formula is C16H32N2O. The fourth-order valence-electron chi connectivity index (χ4n) is 3.69. The smallest absolute Gasteiger partial charge is 0.0553 e. The molecule has 3 nitrogen and oxygen atoms in total. The van der Waals surface area contributed by atoms with Gasteiger partial charge in [0.1, 0.15) is 0 Å². The molecule has 1 heterocycles. The zero-order chi connectivity index (χ0) is 13.7. The largest absolute Gasteiger partial charge is 0.393 e. The van der Waals surface area contributed by atoms with E-state index in [0.29, 0.717) is 12.0 Å². The zero-order valence-electron chi connectivity index (χ0n) is 12.8. The van der Waals surface area contributed by atoms with E-state index in [2.05, 4.69) is 17.1 Å². The SMILES string of the molecule is CCCCN1CC(NC2CCCC2)CC(C(C)O)C1. The number of unbranched alkanes of at least 4 members (excludes halogenated alkanes) is 1. The Labute approximate surface area is 118 Å². The zero-order valence-corrected chi connectivity index (χ0v) is 12.8. The summed E-state index contributed by atoms with van der Waals surface area (Å²) in [5.74, 6) is 0.449. The molecule has 0 aromatic heterocycles. The summed E-state index contributed by atoms with van der Waals surface area (Å²) in [5.41, 5.74) is 0. The summed E-state index contributed by atoms with van der Waals surface area (Å²) in [7, 11) is 0. The van der Waals surface area contributed by atoms with Crippen molar-refractivity contribution in [2.45, 2.75) is 77.0 Å². The molecule has 3 unspecified atom stereocenters. The molecular weight excluding hydrogens is 236 g/mol. The van der Waals surface area contributed by atoms with Gasteiger partial charge in [-0.05, 0) is 45.1 Å². The minimum Gasteiger partial charge on any atom is -0.393 e. The van der Waals surface area contributed by atoms with Gasteiger partial charge in [0.05, 0.1) is 6.10 Å². The molecule has 2 fully saturated rings. The van der Waals surface area contributed by atoms with E-state index in [4.69, 9.17) is 0 Å². The predicted molar refractivity (Wildman–Crippen MR) is 80.3 cm³/mol. The van der Waals surface area contributed by atoms with E-state index < -0.39 is 0 Å². The molecule has 0 radical (unpaired) electrons. The predicted octanol–water partition coefficient (Wildman–Crippen LogP) is 2.39. The Morgan fingerprint density at radius 3 is 2.58 bits per heavy atom. The van der Waals surface area contributed by atoms with Crippen LogP contribution in [0.1, 0.15) is 58.8 Å². The third kappa shape index (κ3) is 4.73. The molecule has 0 bridgehead atoms. The molecule has 1 aliphatic heterocycles. The minimum absolute atomic E-state index is 0.169. The van der Waals surface area contributed by atoms with Crippen molar-refractivity contribution >= 4 is 0 Å². The summed E-state index contributed by atoms with van der Waals surface area (Å²) in [5, 5.41) is 13.8. The summed E-state index contributed by atoms with van der Waals surface area (Å²) >= 11 is 0. The van der Waals surface area contributed by atoms with Gasteiger partial charge in [-0.2, -0.15) is 0 Å². The number of nitrogens with zero attached hydrogens (tertiary/aromatic N) is 1. The molecule has 0 spiro atoms. The number of aliphatic hydroxyl groups excluding tert-OH is 1. The van der Waals surface area contributed by atoms with Crippen LogP contribution in [0, 0.1) is 5.92 Å². The van der Waals surface area contributed by atoms with E-state index in [-0.39, 0.29) is 6.10 Å². The van der Waals surface area contributed by atoms with E-state index in [0.717, 1.165) is 19.0 Å². The van der Waals surface area contributed by atoms with Gasteiger partial charge in [-0.1, -0.05) is 26.2 Å². The number of nitrogens with one attached hydrogen (secondary N) is 1. The molecule has 2 rings (SSSR count). The molecule has 1 saturated heterocycles. The van der Waals surface area contributed by atoms with Crippen molar-refractivity contribution in [3.05, 3.63) is 0 Å². The number of hydrogen-bond acceptors (Lipinski definition) is 3. The number of piperidine rings is 1. The number of rotatable bonds is 6. The van der Waals surface area contributed by atoms with Gasteiger partial charge in [0.15, 0.2) is 0 Å². The average Bonchev–Trinajstić information content (AvgIpc) is 2.89. The highest BCUT2D eigenvalue weighted by atomic mass is 16.3. The van der Waals surface area contributed by atoms with Gasteiger partial charge in [-0.15, -0.1) is 0 Å². The Morgan fingerprint density at radius 2 is 1.95 bits per heavy atom. The summed E-state index contributed by atoms with van der Waals surface area (Å²) in [6, 6.07) is 1.33. The van der Waals surface area contributed by atoms with Crippen LogP contribution in [0.5, 0.6) is 0 Å². The van der Waals surface area contributed by atoms with Crippen LogP contribution in [-0.2, 0) is 0 Å². The van der Waals surface area contributed by atoms with Gasteiger partial charge in [0.2, 0.25) is 0 Å². The van der Waals surface area contributed by atoms with E-state index in [1.165, 1.54) is 51.6 Å². The first-order valence-corrected chi connectivity index (χ1v) is 8.35. The van der Waals surface area contributed by atoms with Gasteiger partial charge in [-0.25, -0.2) is 0 Å². The Balaban J connectivity index is 1.85. The lowest BCUT2D eigenvalue weighted by atomic mass is 9.89. The maximum absolute atomic E-state index is 9.94. The van der Waals surface area contributed by atoms with Crippen molar-refractivity contribution in [1.29, 1.82) is 0 Å². The van der Waals surface area contributed by atoms with Crippen LogP contribution in [0.2, 0.25) is 0 Å².